The van der Waals surface area contributed by atoms with Gasteiger partial charge in [-0.05, 0) is 32.9 Å². The van der Waals surface area contributed by atoms with Crippen LogP contribution in [0.25, 0.3) is 0 Å². The highest BCUT2D eigenvalue weighted by atomic mass is 32.1. The third kappa shape index (κ3) is 4.92. The fourth-order valence-corrected chi connectivity index (χ4v) is 3.34. The lowest BCUT2D eigenvalue weighted by atomic mass is 9.79. The Morgan fingerprint density at radius 3 is 2.14 bits per heavy atom. The minimum atomic E-state index is -0.634. The summed E-state index contributed by atoms with van der Waals surface area (Å²) in [6.45, 7) is 5.10. The molecule has 3 N–H and O–H groups in total. The summed E-state index contributed by atoms with van der Waals surface area (Å²) in [5, 5.41) is 3.22. The molecule has 0 bridgehead atoms. The SMILES string of the molecule is CC(C)C(CN(C)C)NC(=O)C1(C(N)=S)CCCCCC1. The van der Waals surface area contributed by atoms with E-state index in [0.717, 1.165) is 32.2 Å². The highest BCUT2D eigenvalue weighted by molar-refractivity contribution is 7.80. The van der Waals surface area contributed by atoms with Gasteiger partial charge in [0.05, 0.1) is 10.4 Å². The topological polar surface area (TPSA) is 58.4 Å². The number of carbonyl (C=O) groups excluding carboxylic acids is 1. The van der Waals surface area contributed by atoms with E-state index in [4.69, 9.17) is 18.0 Å². The van der Waals surface area contributed by atoms with Gasteiger partial charge in [0, 0.05) is 12.6 Å². The number of nitrogens with two attached hydrogens (primary N) is 1. The van der Waals surface area contributed by atoms with Crippen LogP contribution >= 0.6 is 12.2 Å². The van der Waals surface area contributed by atoms with Crippen molar-refractivity contribution in [2.24, 2.45) is 17.1 Å². The third-order valence-electron chi connectivity index (χ3n) is 4.55. The summed E-state index contributed by atoms with van der Waals surface area (Å²) in [4.78, 5) is 15.4. The Morgan fingerprint density at radius 2 is 1.76 bits per heavy atom. The molecule has 1 unspecified atom stereocenters. The van der Waals surface area contributed by atoms with E-state index in [1.165, 1.54) is 12.8 Å². The van der Waals surface area contributed by atoms with E-state index in [1.54, 1.807) is 0 Å². The Hall–Kier alpha value is -0.680. The number of thiocarbonyl (C=S) groups is 1. The molecular formula is C16H31N3OS. The van der Waals surface area contributed by atoms with Crippen LogP contribution in [0.1, 0.15) is 52.4 Å². The Labute approximate surface area is 134 Å². The minimum Gasteiger partial charge on any atom is -0.392 e. The molecule has 21 heavy (non-hydrogen) atoms. The number of nitrogens with zero attached hydrogens (tertiary/aromatic N) is 1. The average Bonchev–Trinajstić information content (AvgIpc) is 2.63. The Balaban J connectivity index is 2.87. The zero-order valence-corrected chi connectivity index (χ0v) is 14.8. The molecule has 1 fully saturated rings. The first-order chi connectivity index (χ1) is 9.79. The van der Waals surface area contributed by atoms with Crippen molar-refractivity contribution < 1.29 is 4.79 Å². The molecule has 4 nitrogen and oxygen atoms in total. The second kappa shape index (κ2) is 8.08. The van der Waals surface area contributed by atoms with Gasteiger partial charge in [0.1, 0.15) is 0 Å². The molecule has 122 valence electrons. The summed E-state index contributed by atoms with van der Waals surface area (Å²) >= 11 is 5.28. The van der Waals surface area contributed by atoms with E-state index in [1.807, 2.05) is 14.1 Å². The molecule has 0 aromatic rings. The minimum absolute atomic E-state index is 0.0393. The predicted octanol–water partition coefficient (Wildman–Crippen LogP) is 2.32. The Bertz CT molecular complexity index is 361. The van der Waals surface area contributed by atoms with Gasteiger partial charge >= 0.3 is 0 Å². The fourth-order valence-electron chi connectivity index (χ4n) is 3.04. The number of carbonyl (C=O) groups is 1. The predicted molar refractivity (Wildman–Crippen MR) is 92.2 cm³/mol. The average molecular weight is 314 g/mol. The van der Waals surface area contributed by atoms with Gasteiger partial charge in [0.15, 0.2) is 0 Å². The smallest absolute Gasteiger partial charge is 0.233 e. The molecule has 5 heteroatoms. The van der Waals surface area contributed by atoms with Gasteiger partial charge in [-0.1, -0.05) is 51.7 Å². The molecule has 0 aromatic heterocycles. The summed E-state index contributed by atoms with van der Waals surface area (Å²) in [5.41, 5.74) is 5.35. The molecule has 0 aliphatic heterocycles. The number of nitrogens with one attached hydrogen (secondary N) is 1. The number of hydrogen-bond donors (Lipinski definition) is 2. The van der Waals surface area contributed by atoms with Crippen LogP contribution in [0.15, 0.2) is 0 Å². The van der Waals surface area contributed by atoms with E-state index in [-0.39, 0.29) is 11.9 Å². The van der Waals surface area contributed by atoms with Crippen molar-refractivity contribution in [2.45, 2.75) is 58.4 Å². The van der Waals surface area contributed by atoms with E-state index in [2.05, 4.69) is 24.1 Å². The van der Waals surface area contributed by atoms with Gasteiger partial charge in [-0.3, -0.25) is 4.79 Å². The molecule has 0 saturated heterocycles. The maximum absolute atomic E-state index is 12.9. The van der Waals surface area contributed by atoms with E-state index >= 15 is 0 Å². The Kier molecular flexibility index (Phi) is 7.07. The van der Waals surface area contributed by atoms with Crippen molar-refractivity contribution in [1.29, 1.82) is 0 Å². The molecule has 1 aliphatic rings. The second-order valence-electron chi connectivity index (χ2n) is 6.95. The summed E-state index contributed by atoms with van der Waals surface area (Å²) in [5.74, 6) is 0.419. The van der Waals surface area contributed by atoms with Crippen LogP contribution in [-0.4, -0.2) is 42.5 Å². The van der Waals surface area contributed by atoms with Crippen LogP contribution in [-0.2, 0) is 4.79 Å². The molecule has 0 radical (unpaired) electrons. The third-order valence-corrected chi connectivity index (χ3v) is 4.94. The summed E-state index contributed by atoms with van der Waals surface area (Å²) in [6.07, 6.45) is 5.99. The first-order valence-corrected chi connectivity index (χ1v) is 8.46. The lowest BCUT2D eigenvalue weighted by Gasteiger charge is -2.34. The molecule has 0 aromatic carbocycles. The lowest BCUT2D eigenvalue weighted by Crippen LogP contribution is -2.54. The van der Waals surface area contributed by atoms with Gasteiger partial charge in [-0.25, -0.2) is 0 Å². The monoisotopic (exact) mass is 313 g/mol. The highest BCUT2D eigenvalue weighted by Gasteiger charge is 2.42. The number of amides is 1. The van der Waals surface area contributed by atoms with Gasteiger partial charge in [0.2, 0.25) is 5.91 Å². The highest BCUT2D eigenvalue weighted by Crippen LogP contribution is 2.36. The summed E-state index contributed by atoms with van der Waals surface area (Å²) < 4.78 is 0. The first kappa shape index (κ1) is 18.4. The zero-order chi connectivity index (χ0) is 16.0. The van der Waals surface area contributed by atoms with Crippen molar-refractivity contribution in [1.82, 2.24) is 10.2 Å². The molecule has 1 aliphatic carbocycles. The van der Waals surface area contributed by atoms with E-state index in [0.29, 0.717) is 10.9 Å². The molecule has 1 saturated carbocycles. The van der Waals surface area contributed by atoms with Crippen molar-refractivity contribution >= 4 is 23.1 Å². The van der Waals surface area contributed by atoms with Gasteiger partial charge in [-0.15, -0.1) is 0 Å². The fraction of sp³-hybridized carbons (Fsp3) is 0.875. The zero-order valence-electron chi connectivity index (χ0n) is 13.9. The van der Waals surface area contributed by atoms with Gasteiger partial charge in [0.25, 0.3) is 0 Å². The van der Waals surface area contributed by atoms with Crippen molar-refractivity contribution in [3.05, 3.63) is 0 Å². The van der Waals surface area contributed by atoms with Crippen molar-refractivity contribution in [2.75, 3.05) is 20.6 Å². The van der Waals surface area contributed by atoms with Crippen LogP contribution in [0.3, 0.4) is 0 Å². The summed E-state index contributed by atoms with van der Waals surface area (Å²) in [7, 11) is 4.05. The van der Waals surface area contributed by atoms with Crippen molar-refractivity contribution in [3.8, 4) is 0 Å². The molecule has 0 heterocycles. The van der Waals surface area contributed by atoms with E-state index < -0.39 is 5.41 Å². The van der Waals surface area contributed by atoms with Crippen molar-refractivity contribution in [3.63, 3.8) is 0 Å². The first-order valence-electron chi connectivity index (χ1n) is 8.05. The largest absolute Gasteiger partial charge is 0.392 e. The molecule has 0 spiro atoms. The quantitative estimate of drug-likeness (QED) is 0.583. The maximum atomic E-state index is 12.9. The van der Waals surface area contributed by atoms with Gasteiger partial charge in [-0.2, -0.15) is 0 Å². The van der Waals surface area contributed by atoms with E-state index in [9.17, 15) is 4.79 Å². The van der Waals surface area contributed by atoms with Crippen LogP contribution in [0, 0.1) is 11.3 Å². The van der Waals surface area contributed by atoms with Crippen LogP contribution in [0.4, 0.5) is 0 Å². The molecule has 1 atom stereocenters. The number of likely N-dealkylation sites (N-methyl/N-ethyl adjacent to an activating group) is 1. The standard InChI is InChI=1S/C16H31N3OS/c1-12(2)13(11-19(3)4)18-15(20)16(14(17)21)9-7-5-6-8-10-16/h12-13H,5-11H2,1-4H3,(H2,17,21)(H,18,20). The Morgan fingerprint density at radius 1 is 1.24 bits per heavy atom. The molecular weight excluding hydrogens is 282 g/mol. The van der Waals surface area contributed by atoms with Crippen LogP contribution in [0.2, 0.25) is 0 Å². The second-order valence-corrected chi connectivity index (χ2v) is 7.39. The summed E-state index contributed by atoms with van der Waals surface area (Å²) in [6, 6.07) is 0.127. The van der Waals surface area contributed by atoms with Gasteiger partial charge < -0.3 is 16.0 Å². The maximum Gasteiger partial charge on any atom is 0.233 e. The molecule has 1 rings (SSSR count). The number of rotatable bonds is 6. The van der Waals surface area contributed by atoms with Crippen LogP contribution < -0.4 is 11.1 Å². The van der Waals surface area contributed by atoms with Crippen LogP contribution in [0.5, 0.6) is 0 Å². The number of hydrogen-bond acceptors (Lipinski definition) is 3. The molecule has 1 amide bonds. The lowest BCUT2D eigenvalue weighted by molar-refractivity contribution is -0.129. The normalized spacial score (nSPS) is 20.1.